The Kier molecular flexibility index (Phi) is 3.94. The van der Waals surface area contributed by atoms with Crippen molar-refractivity contribution in [3.63, 3.8) is 0 Å². The molecule has 0 bridgehead atoms. The number of hydrogen-bond donors (Lipinski definition) is 1. The number of hydrogen-bond acceptors (Lipinski definition) is 3. The summed E-state index contributed by atoms with van der Waals surface area (Å²) in [4.78, 5) is -0.278. The van der Waals surface area contributed by atoms with Crippen LogP contribution in [0.5, 0.6) is 0 Å². The Labute approximate surface area is 102 Å². The lowest BCUT2D eigenvalue weighted by molar-refractivity contribution is 0.340. The van der Waals surface area contributed by atoms with Crippen molar-refractivity contribution in [3.05, 3.63) is 30.1 Å². The third-order valence-electron chi connectivity index (χ3n) is 2.68. The SMILES string of the molecule is CC(C)(C)C(N)CS(=O)(=O)c1ccccc1F. The van der Waals surface area contributed by atoms with Gasteiger partial charge in [-0.2, -0.15) is 0 Å². The van der Waals surface area contributed by atoms with Crippen molar-refractivity contribution in [2.24, 2.45) is 11.1 Å². The average Bonchev–Trinajstić information content (AvgIpc) is 2.15. The summed E-state index contributed by atoms with van der Waals surface area (Å²) in [5.41, 5.74) is 5.49. The molecule has 1 rings (SSSR count). The van der Waals surface area contributed by atoms with Crippen LogP contribution in [0.15, 0.2) is 29.2 Å². The van der Waals surface area contributed by atoms with Crippen LogP contribution in [-0.2, 0) is 9.84 Å². The summed E-state index contributed by atoms with van der Waals surface area (Å²) in [6.45, 7) is 5.57. The number of sulfone groups is 1. The monoisotopic (exact) mass is 259 g/mol. The summed E-state index contributed by atoms with van der Waals surface area (Å²) >= 11 is 0. The zero-order valence-corrected chi connectivity index (χ0v) is 11.1. The highest BCUT2D eigenvalue weighted by atomic mass is 32.2. The van der Waals surface area contributed by atoms with Gasteiger partial charge in [0.25, 0.3) is 0 Å². The molecular formula is C12H18FNO2S. The first kappa shape index (κ1) is 14.1. The third-order valence-corrected chi connectivity index (χ3v) is 4.48. The second-order valence-corrected chi connectivity index (χ2v) is 7.19. The second kappa shape index (κ2) is 4.74. The quantitative estimate of drug-likeness (QED) is 0.902. The molecule has 17 heavy (non-hydrogen) atoms. The van der Waals surface area contributed by atoms with Gasteiger partial charge in [0.15, 0.2) is 9.84 Å². The van der Waals surface area contributed by atoms with Crippen LogP contribution in [0.4, 0.5) is 4.39 Å². The van der Waals surface area contributed by atoms with E-state index in [2.05, 4.69) is 0 Å². The molecule has 0 spiro atoms. The minimum Gasteiger partial charge on any atom is -0.326 e. The molecule has 96 valence electrons. The first-order chi connectivity index (χ1) is 7.64. The molecule has 0 saturated heterocycles. The van der Waals surface area contributed by atoms with E-state index >= 15 is 0 Å². The summed E-state index contributed by atoms with van der Waals surface area (Å²) < 4.78 is 37.4. The van der Waals surface area contributed by atoms with Crippen molar-refractivity contribution in [1.82, 2.24) is 0 Å². The van der Waals surface area contributed by atoms with Gasteiger partial charge >= 0.3 is 0 Å². The molecule has 0 radical (unpaired) electrons. The summed E-state index contributed by atoms with van der Waals surface area (Å²) in [5.74, 6) is -0.981. The van der Waals surface area contributed by atoms with Crippen LogP contribution in [0.2, 0.25) is 0 Å². The fraction of sp³-hybridized carbons (Fsp3) is 0.500. The summed E-state index contributed by atoms with van der Waals surface area (Å²) in [6, 6.07) is 4.82. The van der Waals surface area contributed by atoms with Crippen molar-refractivity contribution in [2.75, 3.05) is 5.75 Å². The molecule has 5 heteroatoms. The average molecular weight is 259 g/mol. The van der Waals surface area contributed by atoms with E-state index < -0.39 is 21.7 Å². The molecule has 0 aliphatic carbocycles. The van der Waals surface area contributed by atoms with Gasteiger partial charge < -0.3 is 5.73 Å². The Balaban J connectivity index is 3.03. The molecule has 2 N–H and O–H groups in total. The molecule has 0 aromatic heterocycles. The van der Waals surface area contributed by atoms with E-state index in [9.17, 15) is 12.8 Å². The van der Waals surface area contributed by atoms with Crippen LogP contribution in [0.1, 0.15) is 20.8 Å². The van der Waals surface area contributed by atoms with Gasteiger partial charge in [-0.25, -0.2) is 12.8 Å². The van der Waals surface area contributed by atoms with Crippen molar-refractivity contribution >= 4 is 9.84 Å². The van der Waals surface area contributed by atoms with Gasteiger partial charge in [0.1, 0.15) is 10.7 Å². The van der Waals surface area contributed by atoms with Crippen molar-refractivity contribution in [1.29, 1.82) is 0 Å². The maximum absolute atomic E-state index is 13.4. The summed E-state index contributed by atoms with van der Waals surface area (Å²) in [7, 11) is -3.67. The van der Waals surface area contributed by atoms with Crippen molar-refractivity contribution in [2.45, 2.75) is 31.7 Å². The molecule has 0 amide bonds. The van der Waals surface area contributed by atoms with Crippen LogP contribution in [0.25, 0.3) is 0 Å². The molecule has 0 aliphatic heterocycles. The van der Waals surface area contributed by atoms with Crippen molar-refractivity contribution in [3.8, 4) is 0 Å². The zero-order valence-electron chi connectivity index (χ0n) is 10.3. The van der Waals surface area contributed by atoms with Gasteiger partial charge in [-0.1, -0.05) is 32.9 Å². The fourth-order valence-electron chi connectivity index (χ4n) is 1.27. The zero-order chi connectivity index (χ0) is 13.3. The van der Waals surface area contributed by atoms with Gasteiger partial charge in [0.2, 0.25) is 0 Å². The Morgan fingerprint density at radius 3 is 2.29 bits per heavy atom. The molecule has 1 aromatic rings. The third kappa shape index (κ3) is 3.51. The Bertz CT molecular complexity index is 491. The molecule has 0 fully saturated rings. The van der Waals surface area contributed by atoms with Gasteiger partial charge in [-0.15, -0.1) is 0 Å². The Morgan fingerprint density at radius 2 is 1.82 bits per heavy atom. The van der Waals surface area contributed by atoms with Crippen LogP contribution < -0.4 is 5.73 Å². The standard InChI is InChI=1S/C12H18FNO2S/c1-12(2,3)11(14)8-17(15,16)10-7-5-4-6-9(10)13/h4-7,11H,8,14H2,1-3H3. The van der Waals surface area contributed by atoms with E-state index in [1.54, 1.807) is 0 Å². The fourth-order valence-corrected chi connectivity index (χ4v) is 3.08. The first-order valence-corrected chi connectivity index (χ1v) is 7.02. The normalized spacial score (nSPS) is 14.6. The maximum atomic E-state index is 13.4. The minimum atomic E-state index is -3.67. The smallest absolute Gasteiger partial charge is 0.182 e. The minimum absolute atomic E-state index is 0.253. The van der Waals surface area contributed by atoms with Crippen LogP contribution in [-0.4, -0.2) is 20.2 Å². The molecule has 0 saturated carbocycles. The molecule has 1 atom stereocenters. The van der Waals surface area contributed by atoms with E-state index in [4.69, 9.17) is 5.73 Å². The van der Waals surface area contributed by atoms with Gasteiger partial charge in [0.05, 0.1) is 5.75 Å². The van der Waals surface area contributed by atoms with E-state index in [-0.39, 0.29) is 16.1 Å². The summed E-state index contributed by atoms with van der Waals surface area (Å²) in [5, 5.41) is 0. The number of halogens is 1. The van der Waals surface area contributed by atoms with Gasteiger partial charge in [0, 0.05) is 6.04 Å². The lowest BCUT2D eigenvalue weighted by Crippen LogP contribution is -2.41. The van der Waals surface area contributed by atoms with E-state index in [1.807, 2.05) is 20.8 Å². The predicted molar refractivity (Wildman–Crippen MR) is 65.9 cm³/mol. The van der Waals surface area contributed by atoms with E-state index in [0.29, 0.717) is 0 Å². The number of nitrogens with two attached hydrogens (primary N) is 1. The van der Waals surface area contributed by atoms with Crippen LogP contribution in [0.3, 0.4) is 0 Å². The first-order valence-electron chi connectivity index (χ1n) is 5.37. The highest BCUT2D eigenvalue weighted by Gasteiger charge is 2.28. The van der Waals surface area contributed by atoms with Crippen molar-refractivity contribution < 1.29 is 12.8 Å². The van der Waals surface area contributed by atoms with Crippen LogP contribution >= 0.6 is 0 Å². The predicted octanol–water partition coefficient (Wildman–Crippen LogP) is 1.97. The second-order valence-electron chi connectivity index (χ2n) is 5.18. The lowest BCUT2D eigenvalue weighted by Gasteiger charge is -2.26. The number of rotatable bonds is 3. The molecule has 0 aliphatic rings. The van der Waals surface area contributed by atoms with Gasteiger partial charge in [-0.05, 0) is 17.5 Å². The summed E-state index contributed by atoms with van der Waals surface area (Å²) in [6.07, 6.45) is 0. The molecular weight excluding hydrogens is 241 g/mol. The van der Waals surface area contributed by atoms with Gasteiger partial charge in [-0.3, -0.25) is 0 Å². The topological polar surface area (TPSA) is 60.2 Å². The highest BCUT2D eigenvalue weighted by molar-refractivity contribution is 7.91. The van der Waals surface area contributed by atoms with E-state index in [0.717, 1.165) is 6.07 Å². The number of benzene rings is 1. The molecule has 1 aromatic carbocycles. The largest absolute Gasteiger partial charge is 0.326 e. The molecule has 3 nitrogen and oxygen atoms in total. The Hall–Kier alpha value is -0.940. The lowest BCUT2D eigenvalue weighted by atomic mass is 9.89. The highest BCUT2D eigenvalue weighted by Crippen LogP contribution is 2.22. The molecule has 0 heterocycles. The Morgan fingerprint density at radius 1 is 1.29 bits per heavy atom. The van der Waals surface area contributed by atoms with E-state index in [1.165, 1.54) is 18.2 Å². The molecule has 1 unspecified atom stereocenters. The van der Waals surface area contributed by atoms with Crippen LogP contribution in [0, 0.1) is 11.2 Å². The maximum Gasteiger partial charge on any atom is 0.182 e.